The molecule has 0 unspecified atom stereocenters. The Bertz CT molecular complexity index is 938. The number of aromatic nitrogens is 1. The highest BCUT2D eigenvalue weighted by Crippen LogP contribution is 2.29. The standard InChI is InChI=1S/C20H22N4O2S/c1-13(2)10-11-21-20(27)23-22-19(25)15-8-9-17-16(12-15)18(26-24-17)14-6-4-3-5-7-14/h3-9,12-13H,10-11H2,1-2H3,(H,22,25)(H2,21,23,27). The van der Waals surface area contributed by atoms with Crippen molar-refractivity contribution in [2.75, 3.05) is 6.54 Å². The quantitative estimate of drug-likeness (QED) is 0.462. The van der Waals surface area contributed by atoms with Gasteiger partial charge in [0.2, 0.25) is 0 Å². The van der Waals surface area contributed by atoms with E-state index in [0.29, 0.717) is 27.9 Å². The Balaban J connectivity index is 1.68. The van der Waals surface area contributed by atoms with E-state index in [1.807, 2.05) is 30.3 Å². The number of thiocarbonyl (C=S) groups is 1. The Morgan fingerprint density at radius 2 is 1.93 bits per heavy atom. The number of fused-ring (bicyclic) bond motifs is 1. The Labute approximate surface area is 163 Å². The van der Waals surface area contributed by atoms with Gasteiger partial charge in [-0.3, -0.25) is 15.6 Å². The summed E-state index contributed by atoms with van der Waals surface area (Å²) in [6.07, 6.45) is 1.00. The second-order valence-electron chi connectivity index (χ2n) is 6.63. The van der Waals surface area contributed by atoms with E-state index >= 15 is 0 Å². The van der Waals surface area contributed by atoms with Crippen LogP contribution in [-0.4, -0.2) is 22.7 Å². The molecule has 0 spiro atoms. The lowest BCUT2D eigenvalue weighted by Gasteiger charge is -2.12. The maximum Gasteiger partial charge on any atom is 0.269 e. The van der Waals surface area contributed by atoms with Crippen LogP contribution < -0.4 is 16.2 Å². The fourth-order valence-electron chi connectivity index (χ4n) is 2.58. The zero-order valence-corrected chi connectivity index (χ0v) is 16.1. The molecule has 6 nitrogen and oxygen atoms in total. The summed E-state index contributed by atoms with van der Waals surface area (Å²) in [6, 6.07) is 14.9. The van der Waals surface area contributed by atoms with Crippen LogP contribution in [0.25, 0.3) is 22.2 Å². The Morgan fingerprint density at radius 3 is 2.67 bits per heavy atom. The number of hydrogen-bond donors (Lipinski definition) is 3. The normalized spacial score (nSPS) is 10.8. The van der Waals surface area contributed by atoms with Gasteiger partial charge in [-0.2, -0.15) is 0 Å². The molecule has 0 atom stereocenters. The molecule has 0 bridgehead atoms. The van der Waals surface area contributed by atoms with Crippen molar-refractivity contribution in [2.24, 2.45) is 5.92 Å². The van der Waals surface area contributed by atoms with Crippen molar-refractivity contribution in [1.82, 2.24) is 21.3 Å². The van der Waals surface area contributed by atoms with Gasteiger partial charge in [0.1, 0.15) is 5.52 Å². The highest BCUT2D eigenvalue weighted by atomic mass is 32.1. The van der Waals surface area contributed by atoms with Gasteiger partial charge in [-0.15, -0.1) is 0 Å². The minimum Gasteiger partial charge on any atom is -0.361 e. The zero-order valence-electron chi connectivity index (χ0n) is 15.3. The molecule has 3 rings (SSSR count). The number of carbonyl (C=O) groups excluding carboxylic acids is 1. The molecule has 0 aliphatic carbocycles. The molecule has 1 heterocycles. The van der Waals surface area contributed by atoms with Crippen LogP contribution >= 0.6 is 12.2 Å². The lowest BCUT2D eigenvalue weighted by Crippen LogP contribution is -2.47. The number of benzene rings is 2. The van der Waals surface area contributed by atoms with Gasteiger partial charge in [0, 0.05) is 17.7 Å². The van der Waals surface area contributed by atoms with Crippen LogP contribution in [0.2, 0.25) is 0 Å². The zero-order chi connectivity index (χ0) is 19.2. The van der Waals surface area contributed by atoms with Crippen molar-refractivity contribution in [3.8, 4) is 11.3 Å². The van der Waals surface area contributed by atoms with Gasteiger partial charge in [-0.25, -0.2) is 0 Å². The maximum atomic E-state index is 12.4. The summed E-state index contributed by atoms with van der Waals surface area (Å²) in [7, 11) is 0. The average molecular weight is 382 g/mol. The number of carbonyl (C=O) groups is 1. The van der Waals surface area contributed by atoms with E-state index in [1.165, 1.54) is 0 Å². The van der Waals surface area contributed by atoms with E-state index in [9.17, 15) is 4.79 Å². The van der Waals surface area contributed by atoms with Crippen LogP contribution in [0.1, 0.15) is 30.6 Å². The Hall–Kier alpha value is -2.93. The fourth-order valence-corrected chi connectivity index (χ4v) is 2.74. The number of hydrogen-bond acceptors (Lipinski definition) is 4. The first-order valence-electron chi connectivity index (χ1n) is 8.83. The third-order valence-corrected chi connectivity index (χ3v) is 4.32. The summed E-state index contributed by atoms with van der Waals surface area (Å²) >= 11 is 5.16. The van der Waals surface area contributed by atoms with E-state index < -0.39 is 0 Å². The van der Waals surface area contributed by atoms with Crippen molar-refractivity contribution in [2.45, 2.75) is 20.3 Å². The fraction of sp³-hybridized carbons (Fsp3) is 0.250. The van der Waals surface area contributed by atoms with Crippen molar-refractivity contribution >= 4 is 34.1 Å². The number of nitrogens with one attached hydrogen (secondary N) is 3. The third-order valence-electron chi connectivity index (χ3n) is 4.07. The van der Waals surface area contributed by atoms with Crippen molar-refractivity contribution in [3.63, 3.8) is 0 Å². The van der Waals surface area contributed by atoms with Gasteiger partial charge >= 0.3 is 0 Å². The van der Waals surface area contributed by atoms with Crippen molar-refractivity contribution < 1.29 is 9.32 Å². The predicted octanol–water partition coefficient (Wildman–Crippen LogP) is 3.65. The van der Waals surface area contributed by atoms with Crippen molar-refractivity contribution in [3.05, 3.63) is 54.1 Å². The summed E-state index contributed by atoms with van der Waals surface area (Å²) < 4.78 is 5.47. The van der Waals surface area contributed by atoms with Crippen molar-refractivity contribution in [1.29, 1.82) is 0 Å². The molecule has 0 aliphatic rings. The van der Waals surface area contributed by atoms with E-state index in [0.717, 1.165) is 23.9 Å². The van der Waals surface area contributed by atoms with Gasteiger partial charge in [-0.1, -0.05) is 49.3 Å². The molecule has 140 valence electrons. The molecule has 1 aromatic heterocycles. The maximum absolute atomic E-state index is 12.4. The lowest BCUT2D eigenvalue weighted by molar-refractivity contribution is 0.0944. The molecule has 3 N–H and O–H groups in total. The summed E-state index contributed by atoms with van der Waals surface area (Å²) in [5, 5.41) is 8.29. The summed E-state index contributed by atoms with van der Waals surface area (Å²) in [5.74, 6) is 0.938. The van der Waals surface area contributed by atoms with Gasteiger partial charge in [0.05, 0.1) is 5.39 Å². The minimum absolute atomic E-state index is 0.287. The molecule has 0 radical (unpaired) electrons. The first-order valence-corrected chi connectivity index (χ1v) is 9.24. The monoisotopic (exact) mass is 382 g/mol. The smallest absolute Gasteiger partial charge is 0.269 e. The highest BCUT2D eigenvalue weighted by Gasteiger charge is 2.14. The van der Waals surface area contributed by atoms with Crippen LogP contribution in [-0.2, 0) is 0 Å². The summed E-state index contributed by atoms with van der Waals surface area (Å²) in [6.45, 7) is 5.04. The number of rotatable bonds is 5. The van der Waals surface area contributed by atoms with Gasteiger partial charge in [-0.05, 0) is 42.8 Å². The first-order chi connectivity index (χ1) is 13.0. The lowest BCUT2D eigenvalue weighted by atomic mass is 10.1. The molecule has 7 heteroatoms. The Morgan fingerprint density at radius 1 is 1.15 bits per heavy atom. The first kappa shape index (κ1) is 18.8. The highest BCUT2D eigenvalue weighted by molar-refractivity contribution is 7.80. The number of amides is 1. The largest absolute Gasteiger partial charge is 0.361 e. The van der Waals surface area contributed by atoms with Crippen LogP contribution in [0, 0.1) is 5.92 Å². The molecule has 1 amide bonds. The predicted molar refractivity (Wildman–Crippen MR) is 110 cm³/mol. The van der Waals surface area contributed by atoms with Crippen LogP contribution in [0.15, 0.2) is 53.1 Å². The third kappa shape index (κ3) is 4.83. The van der Waals surface area contributed by atoms with Gasteiger partial charge in [0.15, 0.2) is 10.9 Å². The van der Waals surface area contributed by atoms with Crippen LogP contribution in [0.4, 0.5) is 0 Å². The van der Waals surface area contributed by atoms with E-state index in [4.69, 9.17) is 16.7 Å². The second-order valence-corrected chi connectivity index (χ2v) is 7.04. The molecule has 2 aromatic carbocycles. The molecule has 3 aromatic rings. The minimum atomic E-state index is -0.287. The molecular weight excluding hydrogens is 360 g/mol. The van der Waals surface area contributed by atoms with Crippen LogP contribution in [0.5, 0.6) is 0 Å². The summed E-state index contributed by atoms with van der Waals surface area (Å²) in [4.78, 5) is 12.4. The van der Waals surface area contributed by atoms with Crippen LogP contribution in [0.3, 0.4) is 0 Å². The molecule has 0 saturated heterocycles. The van der Waals surface area contributed by atoms with E-state index in [1.54, 1.807) is 18.2 Å². The van der Waals surface area contributed by atoms with E-state index in [2.05, 4.69) is 35.2 Å². The topological polar surface area (TPSA) is 79.2 Å². The van der Waals surface area contributed by atoms with Gasteiger partial charge in [0.25, 0.3) is 5.91 Å². The molecule has 0 fully saturated rings. The second kappa shape index (κ2) is 8.64. The van der Waals surface area contributed by atoms with Gasteiger partial charge < -0.3 is 9.84 Å². The molecule has 0 saturated carbocycles. The molecule has 0 aliphatic heterocycles. The van der Waals surface area contributed by atoms with E-state index in [-0.39, 0.29) is 5.91 Å². The number of nitrogens with zero attached hydrogens (tertiary/aromatic N) is 1. The SMILES string of the molecule is CC(C)CCNC(=S)NNC(=O)c1ccc2noc(-c3ccccc3)c2c1. The molecule has 27 heavy (non-hydrogen) atoms. The Kier molecular flexibility index (Phi) is 6.03. The molecular formula is C20H22N4O2S. The average Bonchev–Trinajstić information content (AvgIpc) is 3.09. The summed E-state index contributed by atoms with van der Waals surface area (Å²) in [5.41, 5.74) is 7.43. The number of hydrazine groups is 1.